The molecule has 0 saturated heterocycles. The molecule has 0 spiro atoms. The Hall–Kier alpha value is -0.960. The minimum absolute atomic E-state index is 0.165. The molecular formula is C13H19F2N. The molecule has 0 aliphatic carbocycles. The van der Waals surface area contributed by atoms with Gasteiger partial charge >= 0.3 is 0 Å². The van der Waals surface area contributed by atoms with Crippen molar-refractivity contribution in [1.29, 1.82) is 0 Å². The summed E-state index contributed by atoms with van der Waals surface area (Å²) in [6.45, 7) is 4.08. The Morgan fingerprint density at radius 3 is 2.00 bits per heavy atom. The molecule has 0 radical (unpaired) electrons. The van der Waals surface area contributed by atoms with Gasteiger partial charge in [0.05, 0.1) is 0 Å². The summed E-state index contributed by atoms with van der Waals surface area (Å²) in [5.41, 5.74) is 0.165. The summed E-state index contributed by atoms with van der Waals surface area (Å²) < 4.78 is 27.3. The molecule has 0 heterocycles. The van der Waals surface area contributed by atoms with E-state index in [2.05, 4.69) is 5.32 Å². The first kappa shape index (κ1) is 13.1. The quantitative estimate of drug-likeness (QED) is 0.809. The monoisotopic (exact) mass is 227 g/mol. The molecule has 0 bridgehead atoms. The van der Waals surface area contributed by atoms with Gasteiger partial charge in [0.25, 0.3) is 0 Å². The van der Waals surface area contributed by atoms with E-state index in [1.807, 2.05) is 13.8 Å². The van der Waals surface area contributed by atoms with Crippen molar-refractivity contribution < 1.29 is 8.78 Å². The molecule has 1 nitrogen and oxygen atoms in total. The zero-order valence-corrected chi connectivity index (χ0v) is 10.1. The molecule has 0 aliphatic rings. The fourth-order valence-corrected chi connectivity index (χ4v) is 2.18. The van der Waals surface area contributed by atoms with E-state index in [0.29, 0.717) is 0 Å². The fourth-order valence-electron chi connectivity index (χ4n) is 2.18. The highest BCUT2D eigenvalue weighted by Crippen LogP contribution is 2.30. The number of halogens is 2. The van der Waals surface area contributed by atoms with Gasteiger partial charge in [-0.3, -0.25) is 0 Å². The maximum atomic E-state index is 13.6. The number of nitrogens with one attached hydrogen (secondary N) is 1. The van der Waals surface area contributed by atoms with Crippen LogP contribution in [0.5, 0.6) is 0 Å². The molecule has 0 saturated carbocycles. The van der Waals surface area contributed by atoms with Crippen LogP contribution in [0.1, 0.15) is 38.3 Å². The summed E-state index contributed by atoms with van der Waals surface area (Å²) in [6.07, 6.45) is 1.80. The Kier molecular flexibility index (Phi) is 4.87. The number of benzene rings is 1. The van der Waals surface area contributed by atoms with Crippen LogP contribution < -0.4 is 5.32 Å². The predicted octanol–water partition coefficient (Wildman–Crippen LogP) is 3.66. The van der Waals surface area contributed by atoms with Crippen LogP contribution in [0.15, 0.2) is 18.2 Å². The Morgan fingerprint density at radius 2 is 1.62 bits per heavy atom. The molecule has 0 aromatic heterocycles. The smallest absolute Gasteiger partial charge is 0.130 e. The minimum Gasteiger partial charge on any atom is -0.313 e. The third-order valence-electron chi connectivity index (χ3n) is 3.14. The first-order valence-electron chi connectivity index (χ1n) is 5.76. The first-order chi connectivity index (χ1) is 7.65. The van der Waals surface area contributed by atoms with Gasteiger partial charge in [-0.25, -0.2) is 8.78 Å². The first-order valence-corrected chi connectivity index (χ1v) is 5.76. The minimum atomic E-state index is -0.466. The van der Waals surface area contributed by atoms with Gasteiger partial charge in [0.2, 0.25) is 0 Å². The largest absolute Gasteiger partial charge is 0.313 e. The van der Waals surface area contributed by atoms with Crippen molar-refractivity contribution in [1.82, 2.24) is 5.32 Å². The lowest BCUT2D eigenvalue weighted by Crippen LogP contribution is -2.26. The highest BCUT2D eigenvalue weighted by atomic mass is 19.1. The van der Waals surface area contributed by atoms with Gasteiger partial charge < -0.3 is 5.32 Å². The van der Waals surface area contributed by atoms with Gasteiger partial charge in [-0.2, -0.15) is 0 Å². The van der Waals surface area contributed by atoms with Crippen LogP contribution in [-0.2, 0) is 0 Å². The van der Waals surface area contributed by atoms with Crippen molar-refractivity contribution in [3.05, 3.63) is 35.4 Å². The molecule has 1 aromatic rings. The summed E-state index contributed by atoms with van der Waals surface area (Å²) in [5, 5.41) is 3.02. The van der Waals surface area contributed by atoms with Crippen molar-refractivity contribution in [3.63, 3.8) is 0 Å². The number of hydrogen-bond acceptors (Lipinski definition) is 1. The maximum Gasteiger partial charge on any atom is 0.130 e. The van der Waals surface area contributed by atoms with Crippen LogP contribution in [0.4, 0.5) is 8.78 Å². The molecule has 0 aliphatic heterocycles. The van der Waals surface area contributed by atoms with Crippen LogP contribution in [-0.4, -0.2) is 7.05 Å². The molecule has 1 atom stereocenters. The third kappa shape index (κ3) is 2.59. The Morgan fingerprint density at radius 1 is 1.12 bits per heavy atom. The third-order valence-corrected chi connectivity index (χ3v) is 3.14. The van der Waals surface area contributed by atoms with E-state index in [1.165, 1.54) is 18.2 Å². The van der Waals surface area contributed by atoms with E-state index in [0.717, 1.165) is 12.8 Å². The van der Waals surface area contributed by atoms with E-state index < -0.39 is 11.6 Å². The highest BCUT2D eigenvalue weighted by Gasteiger charge is 2.24. The van der Waals surface area contributed by atoms with E-state index in [9.17, 15) is 8.78 Å². The van der Waals surface area contributed by atoms with Gasteiger partial charge in [0, 0.05) is 11.6 Å². The summed E-state index contributed by atoms with van der Waals surface area (Å²) in [6, 6.07) is 3.76. The summed E-state index contributed by atoms with van der Waals surface area (Å²) in [5.74, 6) is -0.686. The summed E-state index contributed by atoms with van der Waals surface area (Å²) in [4.78, 5) is 0. The van der Waals surface area contributed by atoms with E-state index in [1.54, 1.807) is 7.05 Å². The van der Waals surface area contributed by atoms with Gasteiger partial charge in [-0.05, 0) is 25.1 Å². The van der Waals surface area contributed by atoms with Gasteiger partial charge in [0.15, 0.2) is 0 Å². The second-order valence-electron chi connectivity index (χ2n) is 3.98. The molecular weight excluding hydrogens is 208 g/mol. The topological polar surface area (TPSA) is 12.0 Å². The zero-order valence-electron chi connectivity index (χ0n) is 10.1. The van der Waals surface area contributed by atoms with Crippen molar-refractivity contribution in [2.75, 3.05) is 7.05 Å². The predicted molar refractivity (Wildman–Crippen MR) is 62.2 cm³/mol. The lowest BCUT2D eigenvalue weighted by atomic mass is 9.88. The normalized spacial score (nSPS) is 13.1. The van der Waals surface area contributed by atoms with Crippen LogP contribution in [0.25, 0.3) is 0 Å². The van der Waals surface area contributed by atoms with Crippen molar-refractivity contribution in [2.24, 2.45) is 5.92 Å². The van der Waals surface area contributed by atoms with Crippen LogP contribution in [0, 0.1) is 17.6 Å². The van der Waals surface area contributed by atoms with Gasteiger partial charge in [-0.15, -0.1) is 0 Å². The molecule has 3 heteroatoms. The van der Waals surface area contributed by atoms with E-state index >= 15 is 0 Å². The zero-order chi connectivity index (χ0) is 12.1. The fraction of sp³-hybridized carbons (Fsp3) is 0.538. The standard InChI is InChI=1S/C13H19F2N/c1-4-9(5-2)13(16-3)12-10(14)7-6-8-11(12)15/h6-9,13,16H,4-5H2,1-3H3. The molecule has 16 heavy (non-hydrogen) atoms. The number of hydrogen-bond donors (Lipinski definition) is 1. The van der Waals surface area contributed by atoms with Crippen molar-refractivity contribution in [2.45, 2.75) is 32.7 Å². The van der Waals surface area contributed by atoms with E-state index in [4.69, 9.17) is 0 Å². The SMILES string of the molecule is CCC(CC)C(NC)c1c(F)cccc1F. The molecule has 1 unspecified atom stereocenters. The average molecular weight is 227 g/mol. The maximum absolute atomic E-state index is 13.6. The van der Waals surface area contributed by atoms with Gasteiger partial charge in [0.1, 0.15) is 11.6 Å². The van der Waals surface area contributed by atoms with Crippen molar-refractivity contribution >= 4 is 0 Å². The number of rotatable bonds is 5. The highest BCUT2D eigenvalue weighted by molar-refractivity contribution is 5.24. The van der Waals surface area contributed by atoms with Crippen LogP contribution >= 0.6 is 0 Å². The molecule has 1 N–H and O–H groups in total. The second kappa shape index (κ2) is 5.94. The Bertz CT molecular complexity index is 314. The Labute approximate surface area is 95.9 Å². The summed E-state index contributed by atoms with van der Waals surface area (Å²) in [7, 11) is 1.74. The molecule has 1 aromatic carbocycles. The average Bonchev–Trinajstić information content (AvgIpc) is 2.28. The Balaban J connectivity index is 3.12. The van der Waals surface area contributed by atoms with Crippen LogP contribution in [0.2, 0.25) is 0 Å². The summed E-state index contributed by atoms with van der Waals surface area (Å²) >= 11 is 0. The van der Waals surface area contributed by atoms with Crippen molar-refractivity contribution in [3.8, 4) is 0 Å². The lowest BCUT2D eigenvalue weighted by molar-refractivity contribution is 0.339. The molecule has 90 valence electrons. The second-order valence-corrected chi connectivity index (χ2v) is 3.98. The lowest BCUT2D eigenvalue weighted by Gasteiger charge is -2.26. The van der Waals surface area contributed by atoms with E-state index in [-0.39, 0.29) is 17.5 Å². The van der Waals surface area contributed by atoms with Gasteiger partial charge in [-0.1, -0.05) is 32.8 Å². The molecule has 0 amide bonds. The van der Waals surface area contributed by atoms with Crippen LogP contribution in [0.3, 0.4) is 0 Å². The molecule has 1 rings (SSSR count). The molecule has 0 fully saturated rings.